The molecule has 25 heavy (non-hydrogen) atoms. The first-order valence-electron chi connectivity index (χ1n) is 8.13. The molecule has 0 amide bonds. The highest BCUT2D eigenvalue weighted by Crippen LogP contribution is 2.30. The standard InChI is InChI=1S/C20H23N3O2/c1-13-8-9-15(10-14(13)2)17-12-23(20(21)22-17)11-16-18(24-3)6-5-7-19(16)25-4/h5-10,12H,11H2,1-4H3,(H2,21,22). The zero-order chi connectivity index (χ0) is 18.0. The minimum atomic E-state index is 0.459. The van der Waals surface area contributed by atoms with Gasteiger partial charge >= 0.3 is 0 Å². The minimum absolute atomic E-state index is 0.459. The van der Waals surface area contributed by atoms with Crippen molar-refractivity contribution in [3.63, 3.8) is 0 Å². The Morgan fingerprint density at radius 1 is 1.00 bits per heavy atom. The second-order valence-electron chi connectivity index (χ2n) is 6.05. The summed E-state index contributed by atoms with van der Waals surface area (Å²) in [7, 11) is 3.30. The smallest absolute Gasteiger partial charge is 0.201 e. The van der Waals surface area contributed by atoms with Crippen molar-refractivity contribution in [3.8, 4) is 22.8 Å². The zero-order valence-electron chi connectivity index (χ0n) is 15.0. The number of ether oxygens (including phenoxy) is 2. The topological polar surface area (TPSA) is 62.3 Å². The van der Waals surface area contributed by atoms with Crippen LogP contribution >= 0.6 is 0 Å². The molecule has 0 unspecified atom stereocenters. The Morgan fingerprint density at radius 3 is 2.28 bits per heavy atom. The SMILES string of the molecule is COc1cccc(OC)c1Cn1cc(-c2ccc(C)c(C)c2)nc1N. The summed E-state index contributed by atoms with van der Waals surface area (Å²) < 4.78 is 12.8. The van der Waals surface area contributed by atoms with E-state index in [1.807, 2.05) is 29.0 Å². The maximum atomic E-state index is 6.15. The number of aryl methyl sites for hydroxylation is 2. The Bertz CT molecular complexity index is 878. The molecule has 5 nitrogen and oxygen atoms in total. The van der Waals surface area contributed by atoms with Crippen molar-refractivity contribution in [2.24, 2.45) is 0 Å². The third-order valence-corrected chi connectivity index (χ3v) is 4.47. The molecule has 0 aliphatic heterocycles. The van der Waals surface area contributed by atoms with E-state index in [-0.39, 0.29) is 0 Å². The summed E-state index contributed by atoms with van der Waals surface area (Å²) in [5.41, 5.74) is 11.5. The van der Waals surface area contributed by atoms with Gasteiger partial charge in [-0.2, -0.15) is 0 Å². The van der Waals surface area contributed by atoms with Gasteiger partial charge in [0.2, 0.25) is 5.95 Å². The summed E-state index contributed by atoms with van der Waals surface area (Å²) in [5.74, 6) is 1.99. The van der Waals surface area contributed by atoms with E-state index in [0.717, 1.165) is 28.3 Å². The number of aromatic nitrogens is 2. The highest BCUT2D eigenvalue weighted by Gasteiger charge is 2.14. The van der Waals surface area contributed by atoms with Crippen molar-refractivity contribution in [2.45, 2.75) is 20.4 Å². The molecule has 130 valence electrons. The highest BCUT2D eigenvalue weighted by molar-refractivity contribution is 5.62. The summed E-state index contributed by atoms with van der Waals surface area (Å²) in [6, 6.07) is 12.0. The number of hydrogen-bond donors (Lipinski definition) is 1. The van der Waals surface area contributed by atoms with Crippen molar-refractivity contribution >= 4 is 5.95 Å². The molecule has 2 N–H and O–H groups in total. The summed E-state index contributed by atoms with van der Waals surface area (Å²) in [6.07, 6.45) is 1.96. The van der Waals surface area contributed by atoms with Gasteiger partial charge in [0, 0.05) is 11.8 Å². The monoisotopic (exact) mass is 337 g/mol. The number of nitrogens with zero attached hydrogens (tertiary/aromatic N) is 2. The molecule has 0 fully saturated rings. The molecule has 0 saturated carbocycles. The van der Waals surface area contributed by atoms with Crippen LogP contribution in [0.25, 0.3) is 11.3 Å². The molecule has 1 aromatic heterocycles. The maximum Gasteiger partial charge on any atom is 0.201 e. The Kier molecular flexibility index (Phi) is 4.65. The van der Waals surface area contributed by atoms with Crippen LogP contribution in [0.1, 0.15) is 16.7 Å². The molecular weight excluding hydrogens is 314 g/mol. The molecule has 2 aromatic carbocycles. The van der Waals surface area contributed by atoms with Gasteiger partial charge in [0.05, 0.1) is 32.0 Å². The van der Waals surface area contributed by atoms with Crippen LogP contribution < -0.4 is 15.2 Å². The predicted octanol–water partition coefficient (Wildman–Crippen LogP) is 3.81. The number of hydrogen-bond acceptors (Lipinski definition) is 4. The second kappa shape index (κ2) is 6.89. The normalized spacial score (nSPS) is 10.7. The molecule has 0 bridgehead atoms. The average Bonchev–Trinajstić information content (AvgIpc) is 2.98. The van der Waals surface area contributed by atoms with Gasteiger partial charge in [-0.1, -0.05) is 18.2 Å². The third kappa shape index (κ3) is 3.31. The molecule has 1 heterocycles. The fourth-order valence-electron chi connectivity index (χ4n) is 2.85. The Morgan fingerprint density at radius 2 is 1.68 bits per heavy atom. The number of anilines is 1. The van der Waals surface area contributed by atoms with Crippen LogP contribution in [0.15, 0.2) is 42.6 Å². The molecule has 0 spiro atoms. The van der Waals surface area contributed by atoms with Crippen LogP contribution in [0.5, 0.6) is 11.5 Å². The molecule has 0 saturated heterocycles. The van der Waals surface area contributed by atoms with Crippen LogP contribution in [-0.4, -0.2) is 23.8 Å². The lowest BCUT2D eigenvalue weighted by Crippen LogP contribution is -2.06. The summed E-state index contributed by atoms with van der Waals surface area (Å²) in [4.78, 5) is 4.52. The summed E-state index contributed by atoms with van der Waals surface area (Å²) in [6.45, 7) is 4.72. The largest absolute Gasteiger partial charge is 0.496 e. The van der Waals surface area contributed by atoms with Gasteiger partial charge in [-0.25, -0.2) is 4.98 Å². The molecule has 0 atom stereocenters. The van der Waals surface area contributed by atoms with E-state index in [9.17, 15) is 0 Å². The number of benzene rings is 2. The molecule has 5 heteroatoms. The minimum Gasteiger partial charge on any atom is -0.496 e. The number of rotatable bonds is 5. The van der Waals surface area contributed by atoms with Gasteiger partial charge in [-0.05, 0) is 43.2 Å². The first-order valence-corrected chi connectivity index (χ1v) is 8.13. The fraction of sp³-hybridized carbons (Fsp3) is 0.250. The van der Waals surface area contributed by atoms with Gasteiger partial charge in [-0.15, -0.1) is 0 Å². The van der Waals surface area contributed by atoms with E-state index in [1.165, 1.54) is 11.1 Å². The van der Waals surface area contributed by atoms with Gasteiger partial charge in [0.25, 0.3) is 0 Å². The quantitative estimate of drug-likeness (QED) is 0.769. The lowest BCUT2D eigenvalue weighted by molar-refractivity contribution is 0.383. The summed E-state index contributed by atoms with van der Waals surface area (Å²) in [5, 5.41) is 0. The van der Waals surface area contributed by atoms with Crippen molar-refractivity contribution in [1.82, 2.24) is 9.55 Å². The lowest BCUT2D eigenvalue weighted by atomic mass is 10.0. The first kappa shape index (κ1) is 16.9. The van der Waals surface area contributed by atoms with Gasteiger partial charge in [-0.3, -0.25) is 0 Å². The van der Waals surface area contributed by atoms with Gasteiger partial charge in [0.1, 0.15) is 11.5 Å². The van der Waals surface area contributed by atoms with Crippen LogP contribution in [0, 0.1) is 13.8 Å². The number of nitrogen functional groups attached to an aromatic ring is 1. The van der Waals surface area contributed by atoms with Crippen LogP contribution in [-0.2, 0) is 6.54 Å². The van der Waals surface area contributed by atoms with Crippen LogP contribution in [0.2, 0.25) is 0 Å². The van der Waals surface area contributed by atoms with Crippen molar-refractivity contribution < 1.29 is 9.47 Å². The lowest BCUT2D eigenvalue weighted by Gasteiger charge is -2.13. The molecular formula is C20H23N3O2. The third-order valence-electron chi connectivity index (χ3n) is 4.47. The molecule has 0 aliphatic rings. The Labute approximate surface area is 148 Å². The molecule has 0 aliphatic carbocycles. The van der Waals surface area contributed by atoms with E-state index in [4.69, 9.17) is 15.2 Å². The van der Waals surface area contributed by atoms with E-state index in [1.54, 1.807) is 14.2 Å². The Balaban J connectivity index is 1.98. The van der Waals surface area contributed by atoms with E-state index < -0.39 is 0 Å². The summed E-state index contributed by atoms with van der Waals surface area (Å²) >= 11 is 0. The van der Waals surface area contributed by atoms with Gasteiger partial charge in [0.15, 0.2) is 0 Å². The number of methoxy groups -OCH3 is 2. The Hall–Kier alpha value is -2.95. The van der Waals surface area contributed by atoms with Crippen LogP contribution in [0.4, 0.5) is 5.95 Å². The fourth-order valence-corrected chi connectivity index (χ4v) is 2.85. The maximum absolute atomic E-state index is 6.15. The van der Waals surface area contributed by atoms with Crippen molar-refractivity contribution in [3.05, 3.63) is 59.3 Å². The first-order chi connectivity index (χ1) is 12.0. The second-order valence-corrected chi connectivity index (χ2v) is 6.05. The number of imidazole rings is 1. The molecule has 3 aromatic rings. The van der Waals surface area contributed by atoms with E-state index in [0.29, 0.717) is 12.5 Å². The van der Waals surface area contributed by atoms with Crippen molar-refractivity contribution in [1.29, 1.82) is 0 Å². The zero-order valence-corrected chi connectivity index (χ0v) is 15.0. The van der Waals surface area contributed by atoms with Crippen LogP contribution in [0.3, 0.4) is 0 Å². The average molecular weight is 337 g/mol. The molecule has 0 radical (unpaired) electrons. The van der Waals surface area contributed by atoms with E-state index >= 15 is 0 Å². The predicted molar refractivity (Wildman–Crippen MR) is 100 cm³/mol. The van der Waals surface area contributed by atoms with E-state index in [2.05, 4.69) is 37.0 Å². The highest BCUT2D eigenvalue weighted by atomic mass is 16.5. The molecule has 3 rings (SSSR count). The van der Waals surface area contributed by atoms with Crippen molar-refractivity contribution in [2.75, 3.05) is 20.0 Å². The number of nitrogens with two attached hydrogens (primary N) is 1. The van der Waals surface area contributed by atoms with Gasteiger partial charge < -0.3 is 19.8 Å².